The molecule has 1 aliphatic carbocycles. The van der Waals surface area contributed by atoms with Gasteiger partial charge in [0.2, 0.25) is 0 Å². The van der Waals surface area contributed by atoms with Gasteiger partial charge >= 0.3 is 0 Å². The van der Waals surface area contributed by atoms with Crippen LogP contribution in [0.1, 0.15) is 53.6 Å². The molecule has 0 saturated heterocycles. The van der Waals surface area contributed by atoms with E-state index in [1.54, 1.807) is 0 Å². The summed E-state index contributed by atoms with van der Waals surface area (Å²) in [5.74, 6) is 0.303. The van der Waals surface area contributed by atoms with Crippen molar-refractivity contribution >= 4 is 5.78 Å². The van der Waals surface area contributed by atoms with E-state index in [0.29, 0.717) is 12.3 Å². The second kappa shape index (κ2) is 3.51. The zero-order valence-electron chi connectivity index (χ0n) is 8.95. The van der Waals surface area contributed by atoms with E-state index in [1.807, 2.05) is 18.2 Å². The van der Waals surface area contributed by atoms with Crippen LogP contribution in [0.5, 0.6) is 0 Å². The fourth-order valence-electron chi connectivity index (χ4n) is 2.00. The number of hydrogen-bond donors (Lipinski definition) is 0. The van der Waals surface area contributed by atoms with Gasteiger partial charge in [0.05, 0.1) is 12.0 Å². The van der Waals surface area contributed by atoms with Crippen molar-refractivity contribution in [2.24, 2.45) is 0 Å². The second-order valence-electron chi connectivity index (χ2n) is 4.31. The first kappa shape index (κ1) is 9.92. The summed E-state index contributed by atoms with van der Waals surface area (Å²) in [7, 11) is 0. The number of Topliss-reactive ketones (excluding diaryl/α,β-unsaturated/α-hetero) is 1. The minimum atomic E-state index is -0.228. The Hall–Kier alpha value is -1.62. The molecule has 0 aromatic heterocycles. The number of fused-ring (bicyclic) bond motifs is 1. The van der Waals surface area contributed by atoms with Crippen molar-refractivity contribution in [2.45, 2.75) is 32.1 Å². The predicted octanol–water partition coefficient (Wildman–Crippen LogP) is 3.00. The topological polar surface area (TPSA) is 40.9 Å². The van der Waals surface area contributed by atoms with Crippen molar-refractivity contribution in [3.8, 4) is 6.07 Å². The van der Waals surface area contributed by atoms with Gasteiger partial charge in [0.1, 0.15) is 0 Å². The van der Waals surface area contributed by atoms with Gasteiger partial charge < -0.3 is 0 Å². The smallest absolute Gasteiger partial charge is 0.164 e. The van der Waals surface area contributed by atoms with E-state index in [-0.39, 0.29) is 11.7 Å². The number of hydrogen-bond acceptors (Lipinski definition) is 2. The highest BCUT2D eigenvalue weighted by Gasteiger charge is 2.29. The van der Waals surface area contributed by atoms with Crippen LogP contribution in [-0.4, -0.2) is 5.78 Å². The molecule has 1 unspecified atom stereocenters. The highest BCUT2D eigenvalue weighted by molar-refractivity contribution is 6.02. The van der Waals surface area contributed by atoms with Gasteiger partial charge in [-0.05, 0) is 23.1 Å². The van der Waals surface area contributed by atoms with E-state index in [0.717, 1.165) is 11.1 Å². The highest BCUT2D eigenvalue weighted by atomic mass is 16.1. The first-order valence-corrected chi connectivity index (χ1v) is 5.20. The maximum atomic E-state index is 11.7. The first-order chi connectivity index (χ1) is 7.13. The number of nitriles is 1. The summed E-state index contributed by atoms with van der Waals surface area (Å²) in [6, 6.07) is 8.08. The largest absolute Gasteiger partial charge is 0.294 e. The van der Waals surface area contributed by atoms with E-state index in [4.69, 9.17) is 5.26 Å². The molecular formula is C13H13NO. The Balaban J connectivity index is 2.51. The zero-order chi connectivity index (χ0) is 11.0. The second-order valence-corrected chi connectivity index (χ2v) is 4.31. The monoisotopic (exact) mass is 199 g/mol. The van der Waals surface area contributed by atoms with Crippen molar-refractivity contribution in [1.29, 1.82) is 5.26 Å². The molecule has 0 amide bonds. The molecule has 0 saturated carbocycles. The summed E-state index contributed by atoms with van der Waals surface area (Å²) in [6.45, 7) is 4.20. The lowest BCUT2D eigenvalue weighted by Gasteiger charge is -2.07. The Morgan fingerprint density at radius 3 is 2.80 bits per heavy atom. The summed E-state index contributed by atoms with van der Waals surface area (Å²) in [6.07, 6.45) is 0.355. The van der Waals surface area contributed by atoms with Crippen LogP contribution in [0.25, 0.3) is 0 Å². The van der Waals surface area contributed by atoms with Gasteiger partial charge in [-0.3, -0.25) is 4.79 Å². The maximum Gasteiger partial charge on any atom is 0.164 e. The van der Waals surface area contributed by atoms with Crippen molar-refractivity contribution in [1.82, 2.24) is 0 Å². The highest BCUT2D eigenvalue weighted by Crippen LogP contribution is 2.34. The minimum Gasteiger partial charge on any atom is -0.294 e. The number of benzene rings is 1. The summed E-state index contributed by atoms with van der Waals surface area (Å²) in [5, 5.41) is 8.91. The van der Waals surface area contributed by atoms with Crippen LogP contribution in [0.4, 0.5) is 0 Å². The molecule has 0 fully saturated rings. The van der Waals surface area contributed by atoms with Gasteiger partial charge in [0, 0.05) is 12.0 Å². The Kier molecular flexibility index (Phi) is 2.32. The lowest BCUT2D eigenvalue weighted by Crippen LogP contribution is -1.95. The maximum absolute atomic E-state index is 11.7. The van der Waals surface area contributed by atoms with Crippen molar-refractivity contribution < 1.29 is 4.79 Å². The number of carbonyl (C=O) groups excluding carboxylic acids is 1. The van der Waals surface area contributed by atoms with Crippen LogP contribution in [-0.2, 0) is 0 Å². The predicted molar refractivity (Wildman–Crippen MR) is 57.8 cm³/mol. The molecule has 1 aromatic carbocycles. The molecule has 2 heteroatoms. The molecule has 0 spiro atoms. The summed E-state index contributed by atoms with van der Waals surface area (Å²) < 4.78 is 0. The normalized spacial score (nSPS) is 19.1. The number of rotatable bonds is 1. The average Bonchev–Trinajstić information content (AvgIpc) is 2.55. The molecule has 1 aromatic rings. The first-order valence-electron chi connectivity index (χ1n) is 5.20. The molecule has 76 valence electrons. The van der Waals surface area contributed by atoms with Crippen LogP contribution < -0.4 is 0 Å². The van der Waals surface area contributed by atoms with E-state index in [2.05, 4.69) is 19.9 Å². The number of carbonyl (C=O) groups is 1. The minimum absolute atomic E-state index is 0.110. The lowest BCUT2D eigenvalue weighted by atomic mass is 9.96. The van der Waals surface area contributed by atoms with Crippen LogP contribution in [0.2, 0.25) is 0 Å². The van der Waals surface area contributed by atoms with Gasteiger partial charge in [-0.2, -0.15) is 5.26 Å². The summed E-state index contributed by atoms with van der Waals surface area (Å²) in [4.78, 5) is 11.7. The average molecular weight is 199 g/mol. The third-order valence-electron chi connectivity index (χ3n) is 2.97. The van der Waals surface area contributed by atoms with Gasteiger partial charge in [-0.15, -0.1) is 0 Å². The van der Waals surface area contributed by atoms with Crippen LogP contribution in [0.3, 0.4) is 0 Å². The molecule has 1 atom stereocenters. The molecule has 2 nitrogen and oxygen atoms in total. The Labute approximate surface area is 89.5 Å². The van der Waals surface area contributed by atoms with Crippen molar-refractivity contribution in [3.05, 3.63) is 34.9 Å². The molecule has 0 aliphatic heterocycles. The molecule has 0 bridgehead atoms. The zero-order valence-corrected chi connectivity index (χ0v) is 8.95. The number of ketones is 1. The molecule has 15 heavy (non-hydrogen) atoms. The third kappa shape index (κ3) is 1.55. The molecule has 0 radical (unpaired) electrons. The van der Waals surface area contributed by atoms with E-state index < -0.39 is 0 Å². The molecule has 0 N–H and O–H groups in total. The fourth-order valence-corrected chi connectivity index (χ4v) is 2.00. The fraction of sp³-hybridized carbons (Fsp3) is 0.385. The quantitative estimate of drug-likeness (QED) is 0.697. The number of nitrogens with zero attached hydrogens (tertiary/aromatic N) is 1. The Morgan fingerprint density at radius 2 is 2.20 bits per heavy atom. The lowest BCUT2D eigenvalue weighted by molar-refractivity contribution is 0.0992. The van der Waals surface area contributed by atoms with Crippen molar-refractivity contribution in [3.63, 3.8) is 0 Å². The van der Waals surface area contributed by atoms with Crippen LogP contribution >= 0.6 is 0 Å². The van der Waals surface area contributed by atoms with E-state index >= 15 is 0 Å². The molecule has 2 rings (SSSR count). The van der Waals surface area contributed by atoms with Gasteiger partial charge in [0.25, 0.3) is 0 Å². The van der Waals surface area contributed by atoms with E-state index in [1.165, 1.54) is 5.56 Å². The summed E-state index contributed by atoms with van der Waals surface area (Å²) in [5.41, 5.74) is 2.83. The van der Waals surface area contributed by atoms with Crippen molar-refractivity contribution in [2.75, 3.05) is 0 Å². The molecular weight excluding hydrogens is 186 g/mol. The van der Waals surface area contributed by atoms with Gasteiger partial charge in [-0.1, -0.05) is 26.0 Å². The van der Waals surface area contributed by atoms with Crippen LogP contribution in [0.15, 0.2) is 18.2 Å². The third-order valence-corrected chi connectivity index (χ3v) is 2.97. The van der Waals surface area contributed by atoms with Crippen LogP contribution in [0, 0.1) is 11.3 Å². The standard InChI is InChI=1S/C13H13NO/c1-8(2)9-3-4-11-10(7-14)6-13(15)12(11)5-9/h3-5,8,10H,6H2,1-2H3. The molecule has 1 aliphatic rings. The SMILES string of the molecule is CC(C)c1ccc2c(c1)C(=O)CC2C#N. The Morgan fingerprint density at radius 1 is 1.47 bits per heavy atom. The Bertz CT molecular complexity index is 454. The van der Waals surface area contributed by atoms with E-state index in [9.17, 15) is 4.79 Å². The summed E-state index contributed by atoms with van der Waals surface area (Å²) >= 11 is 0. The van der Waals surface area contributed by atoms with Gasteiger partial charge in [0.15, 0.2) is 5.78 Å². The molecule has 0 heterocycles. The van der Waals surface area contributed by atoms with Gasteiger partial charge in [-0.25, -0.2) is 0 Å².